The van der Waals surface area contributed by atoms with Crippen LogP contribution in [0.1, 0.15) is 6.92 Å². The van der Waals surface area contributed by atoms with Gasteiger partial charge in [0.15, 0.2) is 0 Å². The quantitative estimate of drug-likeness (QED) is 0.794. The fourth-order valence-corrected chi connectivity index (χ4v) is 2.04. The van der Waals surface area contributed by atoms with Crippen molar-refractivity contribution in [3.8, 4) is 11.5 Å². The van der Waals surface area contributed by atoms with E-state index in [0.29, 0.717) is 6.61 Å². The summed E-state index contributed by atoms with van der Waals surface area (Å²) in [5, 5.41) is 0. The van der Waals surface area contributed by atoms with Crippen LogP contribution in [-0.4, -0.2) is 46.1 Å². The number of hydrogen-bond donors (Lipinski definition) is 1. The molecule has 0 bridgehead atoms. The SMILES string of the molecule is CCOc1cccc(OCC[NH+]2CCOCC2)c1. The molecule has 4 nitrogen and oxygen atoms in total. The second-order valence-electron chi connectivity index (χ2n) is 4.37. The van der Waals surface area contributed by atoms with Crippen molar-refractivity contribution in [3.05, 3.63) is 24.3 Å². The predicted octanol–water partition coefficient (Wildman–Crippen LogP) is 0.379. The molecule has 0 spiro atoms. The first kappa shape index (κ1) is 13.2. The van der Waals surface area contributed by atoms with Crippen LogP contribution in [0.5, 0.6) is 11.5 Å². The summed E-state index contributed by atoms with van der Waals surface area (Å²) >= 11 is 0. The van der Waals surface area contributed by atoms with E-state index in [-0.39, 0.29) is 0 Å². The van der Waals surface area contributed by atoms with Gasteiger partial charge in [0, 0.05) is 6.07 Å². The van der Waals surface area contributed by atoms with E-state index in [1.165, 1.54) is 0 Å². The molecule has 0 aliphatic carbocycles. The molecule has 18 heavy (non-hydrogen) atoms. The number of quaternary nitrogens is 1. The molecular weight excluding hydrogens is 230 g/mol. The van der Waals surface area contributed by atoms with Crippen molar-refractivity contribution < 1.29 is 19.1 Å². The van der Waals surface area contributed by atoms with Crippen molar-refractivity contribution in [2.24, 2.45) is 0 Å². The lowest BCUT2D eigenvalue weighted by Gasteiger charge is -2.23. The number of rotatable bonds is 6. The molecule has 100 valence electrons. The van der Waals surface area contributed by atoms with E-state index in [0.717, 1.165) is 51.0 Å². The van der Waals surface area contributed by atoms with Gasteiger partial charge in [-0.1, -0.05) is 6.07 Å². The van der Waals surface area contributed by atoms with Crippen LogP contribution in [0.25, 0.3) is 0 Å². The molecule has 4 heteroatoms. The van der Waals surface area contributed by atoms with Crippen LogP contribution in [0.2, 0.25) is 0 Å². The molecule has 0 atom stereocenters. The molecule has 1 N–H and O–H groups in total. The molecule has 0 unspecified atom stereocenters. The first-order chi connectivity index (χ1) is 8.88. The maximum atomic E-state index is 5.75. The predicted molar refractivity (Wildman–Crippen MR) is 69.5 cm³/mol. The summed E-state index contributed by atoms with van der Waals surface area (Å²) in [7, 11) is 0. The molecule has 0 radical (unpaired) electrons. The van der Waals surface area contributed by atoms with Gasteiger partial charge in [-0.3, -0.25) is 0 Å². The molecule has 0 aromatic heterocycles. The minimum Gasteiger partial charge on any atom is -0.494 e. The Morgan fingerprint density at radius 3 is 2.61 bits per heavy atom. The fraction of sp³-hybridized carbons (Fsp3) is 0.571. The van der Waals surface area contributed by atoms with Crippen molar-refractivity contribution in [3.63, 3.8) is 0 Å². The Bertz CT molecular complexity index is 351. The van der Waals surface area contributed by atoms with E-state index < -0.39 is 0 Å². The molecule has 1 fully saturated rings. The molecule has 1 aliphatic rings. The zero-order valence-electron chi connectivity index (χ0n) is 11.0. The first-order valence-corrected chi connectivity index (χ1v) is 6.65. The van der Waals surface area contributed by atoms with Gasteiger partial charge in [0.2, 0.25) is 0 Å². The van der Waals surface area contributed by atoms with Gasteiger partial charge in [-0.2, -0.15) is 0 Å². The normalized spacial score (nSPS) is 16.5. The van der Waals surface area contributed by atoms with Crippen molar-refractivity contribution >= 4 is 0 Å². The number of hydrogen-bond acceptors (Lipinski definition) is 3. The van der Waals surface area contributed by atoms with Gasteiger partial charge in [-0.25, -0.2) is 0 Å². The summed E-state index contributed by atoms with van der Waals surface area (Å²) in [6.45, 7) is 8.35. The van der Waals surface area contributed by atoms with Gasteiger partial charge in [-0.05, 0) is 19.1 Å². The lowest BCUT2D eigenvalue weighted by molar-refractivity contribution is -0.908. The van der Waals surface area contributed by atoms with E-state index >= 15 is 0 Å². The van der Waals surface area contributed by atoms with Crippen molar-refractivity contribution in [1.29, 1.82) is 0 Å². The van der Waals surface area contributed by atoms with Gasteiger partial charge >= 0.3 is 0 Å². The van der Waals surface area contributed by atoms with Crippen molar-refractivity contribution in [2.45, 2.75) is 6.92 Å². The lowest BCUT2D eigenvalue weighted by Crippen LogP contribution is -3.14. The van der Waals surface area contributed by atoms with E-state index in [2.05, 4.69) is 0 Å². The Balaban J connectivity index is 1.73. The van der Waals surface area contributed by atoms with Crippen LogP contribution in [0.15, 0.2) is 24.3 Å². The third kappa shape index (κ3) is 4.20. The zero-order valence-corrected chi connectivity index (χ0v) is 11.0. The Morgan fingerprint density at radius 1 is 1.17 bits per heavy atom. The second-order valence-corrected chi connectivity index (χ2v) is 4.37. The van der Waals surface area contributed by atoms with E-state index in [1.54, 1.807) is 4.90 Å². The monoisotopic (exact) mass is 252 g/mol. The van der Waals surface area contributed by atoms with Crippen LogP contribution < -0.4 is 14.4 Å². The Hall–Kier alpha value is -1.26. The van der Waals surface area contributed by atoms with Crippen LogP contribution in [0, 0.1) is 0 Å². The fourth-order valence-electron chi connectivity index (χ4n) is 2.04. The Labute approximate surface area is 108 Å². The molecular formula is C14H22NO3+. The summed E-state index contributed by atoms with van der Waals surface area (Å²) in [6.07, 6.45) is 0. The average Bonchev–Trinajstić information content (AvgIpc) is 2.41. The summed E-state index contributed by atoms with van der Waals surface area (Å²) in [5.41, 5.74) is 0. The van der Waals surface area contributed by atoms with Gasteiger partial charge in [0.1, 0.15) is 37.7 Å². The standard InChI is InChI=1S/C14H21NO3/c1-2-17-13-4-3-5-14(12-13)18-11-8-15-6-9-16-10-7-15/h3-5,12H,2,6-11H2,1H3/p+1. The smallest absolute Gasteiger partial charge is 0.137 e. The van der Waals surface area contributed by atoms with Crippen LogP contribution in [0.4, 0.5) is 0 Å². The summed E-state index contributed by atoms with van der Waals surface area (Å²) in [6, 6.07) is 7.82. The zero-order chi connectivity index (χ0) is 12.6. The minimum atomic E-state index is 0.682. The highest BCUT2D eigenvalue weighted by molar-refractivity contribution is 5.32. The maximum Gasteiger partial charge on any atom is 0.137 e. The Morgan fingerprint density at radius 2 is 1.89 bits per heavy atom. The van der Waals surface area contributed by atoms with Crippen LogP contribution in [-0.2, 0) is 4.74 Å². The molecule has 1 saturated heterocycles. The van der Waals surface area contributed by atoms with E-state index in [9.17, 15) is 0 Å². The Kier molecular flexibility index (Phi) is 5.30. The van der Waals surface area contributed by atoms with Gasteiger partial charge < -0.3 is 19.1 Å². The highest BCUT2D eigenvalue weighted by Crippen LogP contribution is 2.18. The third-order valence-electron chi connectivity index (χ3n) is 3.04. The molecule has 1 aromatic carbocycles. The minimum absolute atomic E-state index is 0.682. The van der Waals surface area contributed by atoms with Crippen LogP contribution in [0.3, 0.4) is 0 Å². The summed E-state index contributed by atoms with van der Waals surface area (Å²) in [4.78, 5) is 1.56. The highest BCUT2D eigenvalue weighted by atomic mass is 16.5. The number of morpholine rings is 1. The molecule has 1 aromatic rings. The maximum absolute atomic E-state index is 5.75. The van der Waals surface area contributed by atoms with Crippen molar-refractivity contribution in [1.82, 2.24) is 0 Å². The van der Waals surface area contributed by atoms with Gasteiger partial charge in [0.25, 0.3) is 0 Å². The molecule has 0 amide bonds. The van der Waals surface area contributed by atoms with E-state index in [4.69, 9.17) is 14.2 Å². The molecule has 2 rings (SSSR count). The summed E-state index contributed by atoms with van der Waals surface area (Å²) in [5.74, 6) is 1.75. The summed E-state index contributed by atoms with van der Waals surface area (Å²) < 4.78 is 16.5. The van der Waals surface area contributed by atoms with Gasteiger partial charge in [-0.15, -0.1) is 0 Å². The van der Waals surface area contributed by atoms with Gasteiger partial charge in [0.05, 0.1) is 19.8 Å². The van der Waals surface area contributed by atoms with E-state index in [1.807, 2.05) is 31.2 Å². The first-order valence-electron chi connectivity index (χ1n) is 6.65. The topological polar surface area (TPSA) is 32.1 Å². The second kappa shape index (κ2) is 7.24. The number of nitrogens with one attached hydrogen (secondary N) is 1. The third-order valence-corrected chi connectivity index (χ3v) is 3.04. The van der Waals surface area contributed by atoms with Crippen LogP contribution >= 0.6 is 0 Å². The highest BCUT2D eigenvalue weighted by Gasteiger charge is 2.13. The molecule has 1 heterocycles. The largest absolute Gasteiger partial charge is 0.494 e. The number of ether oxygens (including phenoxy) is 3. The molecule has 1 aliphatic heterocycles. The lowest BCUT2D eigenvalue weighted by atomic mass is 10.3. The van der Waals surface area contributed by atoms with Crippen molar-refractivity contribution in [2.75, 3.05) is 46.1 Å². The number of benzene rings is 1. The average molecular weight is 252 g/mol. The molecule has 0 saturated carbocycles.